The number of hydrogen-bond acceptors (Lipinski definition) is 6. The first-order chi connectivity index (χ1) is 7.12. The van der Waals surface area contributed by atoms with Gasteiger partial charge in [-0.1, -0.05) is 0 Å². The van der Waals surface area contributed by atoms with Crippen LogP contribution in [0, 0.1) is 0 Å². The van der Waals surface area contributed by atoms with Crippen LogP contribution in [0.1, 0.15) is 19.3 Å². The summed E-state index contributed by atoms with van der Waals surface area (Å²) >= 11 is 0. The number of unbranched alkanes of at least 4 members (excludes halogenated alkanes) is 2. The Hall–Kier alpha value is -0.0100. The molecule has 0 aromatic heterocycles. The molecule has 7 nitrogen and oxygen atoms in total. The number of phosphoric ester groups is 1. The summed E-state index contributed by atoms with van der Waals surface area (Å²) in [4.78, 5) is 13.3. The molecule has 0 bridgehead atoms. The molecular formula is C7H18NO6P. The molecule has 0 aromatic carbocycles. The van der Waals surface area contributed by atoms with Crippen molar-refractivity contribution in [2.24, 2.45) is 5.90 Å². The minimum Gasteiger partial charge on any atom is -0.394 e. The number of rotatable bonds is 10. The smallest absolute Gasteiger partial charge is 0.394 e. The summed E-state index contributed by atoms with van der Waals surface area (Å²) in [5.41, 5.74) is 0. The minimum atomic E-state index is -3.98. The van der Waals surface area contributed by atoms with Gasteiger partial charge in [0.2, 0.25) is 0 Å². The molecule has 92 valence electrons. The summed E-state index contributed by atoms with van der Waals surface area (Å²) in [5.74, 6) is 4.81. The molecule has 0 rings (SSSR count). The van der Waals surface area contributed by atoms with Crippen LogP contribution in [0.4, 0.5) is 0 Å². The van der Waals surface area contributed by atoms with Crippen molar-refractivity contribution in [3.63, 3.8) is 0 Å². The van der Waals surface area contributed by atoms with Gasteiger partial charge in [0.25, 0.3) is 0 Å². The van der Waals surface area contributed by atoms with Crippen molar-refractivity contribution in [2.75, 3.05) is 26.4 Å². The van der Waals surface area contributed by atoms with E-state index in [1.807, 2.05) is 0 Å². The zero-order valence-corrected chi connectivity index (χ0v) is 9.40. The second-order valence-corrected chi connectivity index (χ2v) is 4.24. The molecule has 0 heterocycles. The first-order valence-corrected chi connectivity index (χ1v) is 6.16. The highest BCUT2D eigenvalue weighted by atomic mass is 31.2. The summed E-state index contributed by atoms with van der Waals surface area (Å²) in [5, 5.41) is 8.36. The van der Waals surface area contributed by atoms with Crippen molar-refractivity contribution in [3.8, 4) is 0 Å². The molecule has 1 unspecified atom stereocenters. The van der Waals surface area contributed by atoms with Crippen molar-refractivity contribution in [1.82, 2.24) is 0 Å². The van der Waals surface area contributed by atoms with Crippen LogP contribution in [0.15, 0.2) is 0 Å². The molecule has 0 fully saturated rings. The quantitative estimate of drug-likeness (QED) is 0.285. The fraction of sp³-hybridized carbons (Fsp3) is 1.00. The first kappa shape index (κ1) is 15.0. The Morgan fingerprint density at radius 3 is 2.27 bits per heavy atom. The largest absolute Gasteiger partial charge is 0.472 e. The normalized spacial score (nSPS) is 15.1. The van der Waals surface area contributed by atoms with Crippen molar-refractivity contribution >= 4 is 7.82 Å². The topological polar surface area (TPSA) is 111 Å². The number of hydrogen-bond donors (Lipinski definition) is 3. The molecule has 0 spiro atoms. The maximum atomic E-state index is 11.0. The molecule has 8 heteroatoms. The molecule has 0 aliphatic heterocycles. The maximum Gasteiger partial charge on any atom is 0.472 e. The van der Waals surface area contributed by atoms with Crippen molar-refractivity contribution in [1.29, 1.82) is 0 Å². The molecule has 0 saturated carbocycles. The van der Waals surface area contributed by atoms with Crippen molar-refractivity contribution in [3.05, 3.63) is 0 Å². The molecular weight excluding hydrogens is 225 g/mol. The molecule has 15 heavy (non-hydrogen) atoms. The van der Waals surface area contributed by atoms with Crippen LogP contribution >= 0.6 is 7.82 Å². The van der Waals surface area contributed by atoms with E-state index in [0.29, 0.717) is 13.0 Å². The summed E-state index contributed by atoms with van der Waals surface area (Å²) in [6.45, 7) is 0.0537. The zero-order valence-electron chi connectivity index (χ0n) is 8.50. The Kier molecular flexibility index (Phi) is 9.23. The van der Waals surface area contributed by atoms with Gasteiger partial charge >= 0.3 is 7.82 Å². The molecule has 1 atom stereocenters. The van der Waals surface area contributed by atoms with E-state index in [9.17, 15) is 4.57 Å². The zero-order chi connectivity index (χ0) is 11.6. The van der Waals surface area contributed by atoms with Crippen LogP contribution in [0.5, 0.6) is 0 Å². The number of nitrogens with two attached hydrogens (primary N) is 1. The lowest BCUT2D eigenvalue weighted by Gasteiger charge is -2.10. The van der Waals surface area contributed by atoms with E-state index in [2.05, 4.69) is 13.9 Å². The molecule has 0 radical (unpaired) electrons. The van der Waals surface area contributed by atoms with Gasteiger partial charge in [-0.25, -0.2) is 10.5 Å². The summed E-state index contributed by atoms with van der Waals surface area (Å²) in [6, 6.07) is 0. The summed E-state index contributed by atoms with van der Waals surface area (Å²) < 4.78 is 20.0. The van der Waals surface area contributed by atoms with E-state index >= 15 is 0 Å². The second-order valence-electron chi connectivity index (χ2n) is 2.79. The fourth-order valence-corrected chi connectivity index (χ4v) is 1.58. The highest BCUT2D eigenvalue weighted by Gasteiger charge is 2.19. The predicted molar refractivity (Wildman–Crippen MR) is 52.8 cm³/mol. The van der Waals surface area contributed by atoms with Crippen LogP contribution < -0.4 is 5.90 Å². The lowest BCUT2D eigenvalue weighted by molar-refractivity contribution is 0.117. The molecule has 0 aromatic rings. The highest BCUT2D eigenvalue weighted by Crippen LogP contribution is 2.42. The Bertz CT molecular complexity index is 190. The Balaban J connectivity index is 3.36. The standard InChI is InChI=1S/C7H18NO6P/c8-12-5-2-1-3-6-13-15(10,11)14-7-4-9/h9H,1-8H2,(H,10,11). The monoisotopic (exact) mass is 243 g/mol. The maximum absolute atomic E-state index is 11.0. The third-order valence-electron chi connectivity index (χ3n) is 1.51. The van der Waals surface area contributed by atoms with E-state index in [-0.39, 0.29) is 19.8 Å². The van der Waals surface area contributed by atoms with Gasteiger partial charge in [0, 0.05) is 0 Å². The van der Waals surface area contributed by atoms with E-state index in [1.165, 1.54) is 0 Å². The predicted octanol–water partition coefficient (Wildman–Crippen LogP) is 0.173. The number of aliphatic hydroxyl groups excluding tert-OH is 1. The molecule has 0 saturated heterocycles. The van der Waals surface area contributed by atoms with Crippen molar-refractivity contribution in [2.45, 2.75) is 19.3 Å². The fourth-order valence-electron chi connectivity index (χ4n) is 0.838. The van der Waals surface area contributed by atoms with E-state index < -0.39 is 7.82 Å². The third kappa shape index (κ3) is 10.3. The van der Waals surface area contributed by atoms with Crippen LogP contribution in [0.3, 0.4) is 0 Å². The minimum absolute atomic E-state index is 0.129. The van der Waals surface area contributed by atoms with Crippen LogP contribution in [-0.2, 0) is 18.5 Å². The van der Waals surface area contributed by atoms with E-state index in [1.54, 1.807) is 0 Å². The van der Waals surface area contributed by atoms with Crippen LogP contribution in [0.25, 0.3) is 0 Å². The third-order valence-corrected chi connectivity index (χ3v) is 2.52. The lowest BCUT2D eigenvalue weighted by Crippen LogP contribution is -2.03. The van der Waals surface area contributed by atoms with E-state index in [0.717, 1.165) is 12.8 Å². The number of phosphoric acid groups is 1. The van der Waals surface area contributed by atoms with Gasteiger partial charge in [0.05, 0.1) is 26.4 Å². The first-order valence-electron chi connectivity index (χ1n) is 4.67. The van der Waals surface area contributed by atoms with Crippen molar-refractivity contribution < 1.29 is 28.5 Å². The lowest BCUT2D eigenvalue weighted by atomic mass is 10.2. The average molecular weight is 243 g/mol. The van der Waals surface area contributed by atoms with E-state index in [4.69, 9.17) is 15.9 Å². The van der Waals surface area contributed by atoms with Gasteiger partial charge in [-0.05, 0) is 19.3 Å². The molecule has 0 aliphatic rings. The average Bonchev–Trinajstić information content (AvgIpc) is 2.20. The Morgan fingerprint density at radius 2 is 1.67 bits per heavy atom. The molecule has 4 N–H and O–H groups in total. The van der Waals surface area contributed by atoms with Crippen LogP contribution in [0.2, 0.25) is 0 Å². The Morgan fingerprint density at radius 1 is 1.07 bits per heavy atom. The summed E-state index contributed by atoms with van der Waals surface area (Å²) in [6.07, 6.45) is 2.18. The second kappa shape index (κ2) is 9.23. The van der Waals surface area contributed by atoms with Crippen LogP contribution in [-0.4, -0.2) is 36.4 Å². The summed E-state index contributed by atoms with van der Waals surface area (Å²) in [7, 11) is -3.98. The molecule has 0 amide bonds. The van der Waals surface area contributed by atoms with Gasteiger partial charge < -0.3 is 14.8 Å². The highest BCUT2D eigenvalue weighted by molar-refractivity contribution is 7.47. The van der Waals surface area contributed by atoms with Gasteiger partial charge in [-0.2, -0.15) is 0 Å². The number of aliphatic hydroxyl groups is 1. The van der Waals surface area contributed by atoms with Gasteiger partial charge in [-0.3, -0.25) is 9.05 Å². The molecule has 0 aliphatic carbocycles. The van der Waals surface area contributed by atoms with Gasteiger partial charge in [0.1, 0.15) is 0 Å². The van der Waals surface area contributed by atoms with Gasteiger partial charge in [0.15, 0.2) is 0 Å². The SMILES string of the molecule is NOCCCCCOP(=O)(O)OCCO. The van der Waals surface area contributed by atoms with Gasteiger partial charge in [-0.15, -0.1) is 0 Å². The Labute approximate surface area is 88.7 Å².